The molecule has 0 radical (unpaired) electrons. The van der Waals surface area contributed by atoms with Crippen LogP contribution in [-0.4, -0.2) is 58.8 Å². The number of hydrogen-bond donors (Lipinski definition) is 2. The van der Waals surface area contributed by atoms with Crippen molar-refractivity contribution in [3.63, 3.8) is 0 Å². The maximum Gasteiger partial charge on any atom is 0.337 e. The zero-order valence-electron chi connectivity index (χ0n) is 17.2. The summed E-state index contributed by atoms with van der Waals surface area (Å²) in [5.41, 5.74) is 2.94. The molecule has 7 nitrogen and oxygen atoms in total. The fraction of sp³-hybridized carbons (Fsp3) is 0.364. The van der Waals surface area contributed by atoms with Crippen LogP contribution in [-0.2, 0) is 9.53 Å². The first kappa shape index (κ1) is 20.7. The van der Waals surface area contributed by atoms with Crippen molar-refractivity contribution in [2.45, 2.75) is 6.92 Å². The fourth-order valence-electron chi connectivity index (χ4n) is 3.33. The summed E-state index contributed by atoms with van der Waals surface area (Å²) >= 11 is 0. The van der Waals surface area contributed by atoms with Crippen molar-refractivity contribution in [2.75, 3.05) is 57.2 Å². The number of piperazine rings is 1. The Hall–Kier alpha value is -3.06. The molecule has 2 aromatic carbocycles. The smallest absolute Gasteiger partial charge is 0.337 e. The Bertz CT molecular complexity index is 876. The van der Waals surface area contributed by atoms with E-state index in [2.05, 4.69) is 17.3 Å². The third-order valence-electron chi connectivity index (χ3n) is 5.01. The number of anilines is 2. The third kappa shape index (κ3) is 5.48. The van der Waals surface area contributed by atoms with Crippen LogP contribution in [0.3, 0.4) is 0 Å². The zero-order valence-corrected chi connectivity index (χ0v) is 17.2. The lowest BCUT2D eigenvalue weighted by Crippen LogP contribution is -3.12. The second-order valence-corrected chi connectivity index (χ2v) is 7.32. The summed E-state index contributed by atoms with van der Waals surface area (Å²) in [5.74, 6) is -0.0777. The van der Waals surface area contributed by atoms with Gasteiger partial charge in [-0.05, 0) is 42.8 Å². The van der Waals surface area contributed by atoms with Crippen LogP contribution >= 0.6 is 0 Å². The maximum atomic E-state index is 12.5. The van der Waals surface area contributed by atoms with E-state index in [0.29, 0.717) is 17.0 Å². The Morgan fingerprint density at radius 1 is 1.14 bits per heavy atom. The summed E-state index contributed by atoms with van der Waals surface area (Å²) in [6, 6.07) is 12.8. The van der Waals surface area contributed by atoms with Crippen molar-refractivity contribution in [3.8, 4) is 5.75 Å². The maximum absolute atomic E-state index is 12.5. The highest BCUT2D eigenvalue weighted by Crippen LogP contribution is 2.28. The quantitative estimate of drug-likeness (QED) is 0.714. The largest absolute Gasteiger partial charge is 0.484 e. The minimum Gasteiger partial charge on any atom is -0.484 e. The summed E-state index contributed by atoms with van der Waals surface area (Å²) in [7, 11) is 3.51. The van der Waals surface area contributed by atoms with Crippen LogP contribution in [0.5, 0.6) is 5.75 Å². The Balaban J connectivity index is 1.75. The Morgan fingerprint density at radius 3 is 2.59 bits per heavy atom. The standard InChI is InChI=1S/C22H27N3O4/c1-16-5-4-6-18(13-16)29-15-21(26)23-19-14-17(22(27)28-3)7-8-20(19)25-11-9-24(2)10-12-25/h4-8,13-14H,9-12,15H2,1-3H3,(H,23,26)/p+1. The van der Waals surface area contributed by atoms with Crippen LogP contribution in [0.25, 0.3) is 0 Å². The molecule has 1 heterocycles. The molecule has 0 bridgehead atoms. The molecule has 2 aromatic rings. The number of methoxy groups -OCH3 is 1. The van der Waals surface area contributed by atoms with Crippen LogP contribution in [0, 0.1) is 6.92 Å². The van der Waals surface area contributed by atoms with Gasteiger partial charge in [-0.3, -0.25) is 4.79 Å². The van der Waals surface area contributed by atoms with Crippen LogP contribution < -0.4 is 19.9 Å². The number of esters is 1. The summed E-state index contributed by atoms with van der Waals surface area (Å²) in [6.45, 7) is 5.65. The lowest BCUT2D eigenvalue weighted by atomic mass is 10.1. The number of hydrogen-bond acceptors (Lipinski definition) is 5. The number of rotatable bonds is 6. The van der Waals surface area contributed by atoms with Crippen molar-refractivity contribution in [2.24, 2.45) is 0 Å². The van der Waals surface area contributed by atoms with E-state index in [-0.39, 0.29) is 12.5 Å². The molecule has 0 unspecified atom stereocenters. The van der Waals surface area contributed by atoms with Gasteiger partial charge < -0.3 is 24.6 Å². The van der Waals surface area contributed by atoms with Gasteiger partial charge in [0, 0.05) is 0 Å². The fourth-order valence-corrected chi connectivity index (χ4v) is 3.33. The SMILES string of the molecule is COC(=O)c1ccc(N2CC[NH+](C)CC2)c(NC(=O)COc2cccc(C)c2)c1. The molecule has 1 saturated heterocycles. The average molecular weight is 398 g/mol. The molecule has 7 heteroatoms. The van der Waals surface area contributed by atoms with E-state index >= 15 is 0 Å². The molecule has 1 amide bonds. The van der Waals surface area contributed by atoms with Gasteiger partial charge in [-0.15, -0.1) is 0 Å². The minimum absolute atomic E-state index is 0.113. The van der Waals surface area contributed by atoms with Gasteiger partial charge in [-0.1, -0.05) is 12.1 Å². The van der Waals surface area contributed by atoms with Gasteiger partial charge in [0.1, 0.15) is 5.75 Å². The van der Waals surface area contributed by atoms with Crippen molar-refractivity contribution in [1.29, 1.82) is 0 Å². The second kappa shape index (κ2) is 9.43. The lowest BCUT2D eigenvalue weighted by Gasteiger charge is -2.33. The molecule has 1 aliphatic heterocycles. The molecule has 0 spiro atoms. The number of quaternary nitrogens is 1. The number of ether oxygens (including phenoxy) is 2. The van der Waals surface area contributed by atoms with Crippen LogP contribution in [0.2, 0.25) is 0 Å². The van der Waals surface area contributed by atoms with E-state index in [1.165, 1.54) is 12.0 Å². The molecule has 2 N–H and O–H groups in total. The summed E-state index contributed by atoms with van der Waals surface area (Å²) in [4.78, 5) is 28.2. The zero-order chi connectivity index (χ0) is 20.8. The Morgan fingerprint density at radius 2 is 1.90 bits per heavy atom. The van der Waals surface area contributed by atoms with Crippen molar-refractivity contribution in [3.05, 3.63) is 53.6 Å². The average Bonchev–Trinajstić information content (AvgIpc) is 2.72. The number of aryl methyl sites for hydroxylation is 1. The number of nitrogens with zero attached hydrogens (tertiary/aromatic N) is 1. The Labute approximate surface area is 171 Å². The van der Waals surface area contributed by atoms with E-state index in [1.807, 2.05) is 37.3 Å². The van der Waals surface area contributed by atoms with E-state index in [9.17, 15) is 9.59 Å². The van der Waals surface area contributed by atoms with Crippen molar-refractivity contribution in [1.82, 2.24) is 0 Å². The first-order valence-corrected chi connectivity index (χ1v) is 9.74. The Kier molecular flexibility index (Phi) is 6.72. The van der Waals surface area contributed by atoms with Gasteiger partial charge in [0.05, 0.1) is 57.3 Å². The van der Waals surface area contributed by atoms with Crippen LogP contribution in [0.1, 0.15) is 15.9 Å². The van der Waals surface area contributed by atoms with Gasteiger partial charge in [0.2, 0.25) is 0 Å². The van der Waals surface area contributed by atoms with Gasteiger partial charge >= 0.3 is 5.97 Å². The summed E-state index contributed by atoms with van der Waals surface area (Å²) in [5, 5.41) is 2.90. The monoisotopic (exact) mass is 398 g/mol. The molecule has 0 atom stereocenters. The summed E-state index contributed by atoms with van der Waals surface area (Å²) < 4.78 is 10.4. The summed E-state index contributed by atoms with van der Waals surface area (Å²) in [6.07, 6.45) is 0. The topological polar surface area (TPSA) is 72.3 Å². The number of carbonyl (C=O) groups excluding carboxylic acids is 2. The molecule has 1 aliphatic rings. The van der Waals surface area contributed by atoms with Crippen LogP contribution in [0.15, 0.2) is 42.5 Å². The first-order valence-electron chi connectivity index (χ1n) is 9.74. The first-order chi connectivity index (χ1) is 14.0. The predicted octanol–water partition coefficient (Wildman–Crippen LogP) is 1.13. The highest BCUT2D eigenvalue weighted by Gasteiger charge is 2.21. The number of benzene rings is 2. The van der Waals surface area contributed by atoms with Gasteiger partial charge in [-0.2, -0.15) is 0 Å². The number of amides is 1. The normalized spacial score (nSPS) is 14.4. The van der Waals surface area contributed by atoms with Gasteiger partial charge in [0.15, 0.2) is 6.61 Å². The minimum atomic E-state index is -0.439. The lowest BCUT2D eigenvalue weighted by molar-refractivity contribution is -0.880. The predicted molar refractivity (Wildman–Crippen MR) is 112 cm³/mol. The molecule has 0 saturated carbocycles. The third-order valence-corrected chi connectivity index (χ3v) is 5.01. The second-order valence-electron chi connectivity index (χ2n) is 7.32. The molecule has 29 heavy (non-hydrogen) atoms. The van der Waals surface area contributed by atoms with Crippen molar-refractivity contribution < 1.29 is 24.0 Å². The van der Waals surface area contributed by atoms with Crippen molar-refractivity contribution >= 4 is 23.3 Å². The van der Waals surface area contributed by atoms with Gasteiger partial charge in [0.25, 0.3) is 5.91 Å². The van der Waals surface area contributed by atoms with E-state index < -0.39 is 5.97 Å². The van der Waals surface area contributed by atoms with E-state index in [4.69, 9.17) is 9.47 Å². The molecular weight excluding hydrogens is 370 g/mol. The number of likely N-dealkylation sites (N-methyl/N-ethyl adjacent to an activating group) is 1. The number of carbonyl (C=O) groups is 2. The van der Waals surface area contributed by atoms with Crippen LogP contribution in [0.4, 0.5) is 11.4 Å². The highest BCUT2D eigenvalue weighted by molar-refractivity contribution is 5.98. The molecule has 0 aromatic heterocycles. The molecular formula is C22H28N3O4+. The highest BCUT2D eigenvalue weighted by atomic mass is 16.5. The molecule has 154 valence electrons. The molecule has 3 rings (SSSR count). The number of nitrogens with one attached hydrogen (secondary N) is 2. The molecule has 0 aliphatic carbocycles. The van der Waals surface area contributed by atoms with E-state index in [0.717, 1.165) is 37.4 Å². The van der Waals surface area contributed by atoms with E-state index in [1.54, 1.807) is 12.1 Å². The molecule has 1 fully saturated rings. The van der Waals surface area contributed by atoms with Gasteiger partial charge in [-0.25, -0.2) is 4.79 Å².